The van der Waals surface area contributed by atoms with E-state index in [-0.39, 0.29) is 5.02 Å². The van der Waals surface area contributed by atoms with E-state index >= 15 is 0 Å². The third-order valence-corrected chi connectivity index (χ3v) is 2.81. The maximum atomic E-state index is 13.9. The van der Waals surface area contributed by atoms with Crippen LogP contribution in [0.15, 0.2) is 30.6 Å². The lowest BCUT2D eigenvalue weighted by molar-refractivity contribution is 0.560. The van der Waals surface area contributed by atoms with Crippen LogP contribution in [0.3, 0.4) is 0 Å². The first kappa shape index (κ1) is 12.0. The number of nitrogens with zero attached hydrogens (tertiary/aromatic N) is 2. The van der Waals surface area contributed by atoms with E-state index in [9.17, 15) is 4.39 Å². The largest absolute Gasteiger partial charge is 0.275 e. The van der Waals surface area contributed by atoms with Crippen molar-refractivity contribution in [3.05, 3.63) is 52.6 Å². The van der Waals surface area contributed by atoms with E-state index in [1.165, 1.54) is 6.07 Å². The van der Waals surface area contributed by atoms with Crippen LogP contribution in [0.25, 0.3) is 0 Å². The van der Waals surface area contributed by atoms with Gasteiger partial charge in [-0.1, -0.05) is 23.7 Å². The lowest BCUT2D eigenvalue weighted by Gasteiger charge is -2.15. The van der Waals surface area contributed by atoms with Crippen molar-refractivity contribution >= 4 is 11.6 Å². The third-order valence-electron chi connectivity index (χ3n) is 2.52. The Morgan fingerprint density at radius 2 is 2.29 bits per heavy atom. The highest BCUT2D eigenvalue weighted by molar-refractivity contribution is 6.30. The highest BCUT2D eigenvalue weighted by atomic mass is 35.5. The highest BCUT2D eigenvalue weighted by Crippen LogP contribution is 2.27. The van der Waals surface area contributed by atoms with Crippen molar-refractivity contribution < 1.29 is 4.39 Å². The Labute approximate surface area is 103 Å². The van der Waals surface area contributed by atoms with Crippen LogP contribution in [0, 0.1) is 5.82 Å². The molecule has 0 aliphatic heterocycles. The molecular weight excluding hydrogens is 243 g/mol. The molecular formula is C11H12ClFN4. The summed E-state index contributed by atoms with van der Waals surface area (Å²) in [4.78, 5) is 0. The first-order valence-corrected chi connectivity index (χ1v) is 5.40. The molecule has 0 aliphatic carbocycles. The summed E-state index contributed by atoms with van der Waals surface area (Å²) in [6.07, 6.45) is 3.40. The molecule has 0 bridgehead atoms. The Bertz CT molecular complexity index is 526. The van der Waals surface area contributed by atoms with E-state index in [1.807, 2.05) is 0 Å². The molecule has 2 aromatic rings. The highest BCUT2D eigenvalue weighted by Gasteiger charge is 2.19. The molecule has 0 aliphatic rings. The number of nitrogens with two attached hydrogens (primary N) is 1. The third kappa shape index (κ3) is 2.31. The van der Waals surface area contributed by atoms with Gasteiger partial charge in [0.05, 0.1) is 17.3 Å². The summed E-state index contributed by atoms with van der Waals surface area (Å²) < 4.78 is 15.5. The Morgan fingerprint density at radius 3 is 2.88 bits per heavy atom. The van der Waals surface area contributed by atoms with Crippen LogP contribution in [0.1, 0.15) is 17.2 Å². The van der Waals surface area contributed by atoms with Gasteiger partial charge in [-0.15, -0.1) is 0 Å². The molecule has 6 heteroatoms. The van der Waals surface area contributed by atoms with E-state index < -0.39 is 11.9 Å². The van der Waals surface area contributed by atoms with Gasteiger partial charge in [-0.3, -0.25) is 10.5 Å². The van der Waals surface area contributed by atoms with Crippen LogP contribution < -0.4 is 11.3 Å². The van der Waals surface area contributed by atoms with Gasteiger partial charge < -0.3 is 0 Å². The fourth-order valence-electron chi connectivity index (χ4n) is 1.70. The second-order valence-electron chi connectivity index (χ2n) is 3.69. The fourth-order valence-corrected chi connectivity index (χ4v) is 1.88. The van der Waals surface area contributed by atoms with Crippen LogP contribution in [0.2, 0.25) is 5.02 Å². The van der Waals surface area contributed by atoms with Crippen molar-refractivity contribution in [2.75, 3.05) is 0 Å². The summed E-state index contributed by atoms with van der Waals surface area (Å²) in [5.41, 5.74) is 3.73. The van der Waals surface area contributed by atoms with E-state index in [1.54, 1.807) is 36.3 Å². The van der Waals surface area contributed by atoms with Gasteiger partial charge in [-0.25, -0.2) is 9.82 Å². The first-order chi connectivity index (χ1) is 8.13. The minimum atomic E-state index is -0.471. The van der Waals surface area contributed by atoms with Gasteiger partial charge >= 0.3 is 0 Å². The van der Waals surface area contributed by atoms with Crippen LogP contribution in [-0.2, 0) is 7.05 Å². The Hall–Kier alpha value is -1.43. The molecule has 0 spiro atoms. The molecule has 0 saturated carbocycles. The van der Waals surface area contributed by atoms with Crippen molar-refractivity contribution in [3.63, 3.8) is 0 Å². The Kier molecular flexibility index (Phi) is 3.42. The molecule has 0 saturated heterocycles. The fraction of sp³-hybridized carbons (Fsp3) is 0.182. The molecule has 1 aromatic heterocycles. The standard InChI is InChI=1S/C11H12ClFN4/c1-17-6-7(5-15-17)11(16-14)8-3-2-4-9(12)10(8)13/h2-6,11,16H,14H2,1H3. The molecule has 17 heavy (non-hydrogen) atoms. The average molecular weight is 255 g/mol. The van der Waals surface area contributed by atoms with Crippen molar-refractivity contribution in [1.82, 2.24) is 15.2 Å². The van der Waals surface area contributed by atoms with Crippen LogP contribution >= 0.6 is 11.6 Å². The van der Waals surface area contributed by atoms with E-state index in [4.69, 9.17) is 17.4 Å². The SMILES string of the molecule is Cn1cc(C(NN)c2cccc(Cl)c2F)cn1. The maximum absolute atomic E-state index is 13.9. The number of rotatable bonds is 3. The van der Waals surface area contributed by atoms with Gasteiger partial charge in [0.15, 0.2) is 0 Å². The number of hydrogen-bond acceptors (Lipinski definition) is 3. The number of hydrogen-bond donors (Lipinski definition) is 2. The minimum absolute atomic E-state index is 0.0756. The van der Waals surface area contributed by atoms with Gasteiger partial charge in [0, 0.05) is 24.4 Å². The molecule has 2 rings (SSSR count). The summed E-state index contributed by atoms with van der Waals surface area (Å²) in [5, 5.41) is 4.10. The summed E-state index contributed by atoms with van der Waals surface area (Å²) in [6.45, 7) is 0. The number of aromatic nitrogens is 2. The van der Waals surface area contributed by atoms with Gasteiger partial charge in [0.25, 0.3) is 0 Å². The quantitative estimate of drug-likeness (QED) is 0.648. The van der Waals surface area contributed by atoms with Gasteiger partial charge in [0.2, 0.25) is 0 Å². The number of halogens is 2. The molecule has 1 unspecified atom stereocenters. The van der Waals surface area contributed by atoms with Crippen molar-refractivity contribution in [1.29, 1.82) is 0 Å². The van der Waals surface area contributed by atoms with Crippen molar-refractivity contribution in [2.24, 2.45) is 12.9 Å². The Balaban J connectivity index is 2.45. The zero-order chi connectivity index (χ0) is 12.4. The maximum Gasteiger partial charge on any atom is 0.146 e. The van der Waals surface area contributed by atoms with Gasteiger partial charge in [-0.2, -0.15) is 5.10 Å². The van der Waals surface area contributed by atoms with Crippen molar-refractivity contribution in [3.8, 4) is 0 Å². The predicted molar refractivity (Wildman–Crippen MR) is 63.8 cm³/mol. The molecule has 3 N–H and O–H groups in total. The predicted octanol–water partition coefficient (Wildman–Crippen LogP) is 1.77. The monoisotopic (exact) mass is 254 g/mol. The lowest BCUT2D eigenvalue weighted by Crippen LogP contribution is -2.29. The summed E-state index contributed by atoms with van der Waals surface area (Å²) in [5.74, 6) is 5.00. The smallest absolute Gasteiger partial charge is 0.146 e. The summed E-state index contributed by atoms with van der Waals surface area (Å²) in [7, 11) is 1.78. The zero-order valence-electron chi connectivity index (χ0n) is 9.19. The number of hydrazine groups is 1. The Morgan fingerprint density at radius 1 is 1.53 bits per heavy atom. The number of benzene rings is 1. The molecule has 4 nitrogen and oxygen atoms in total. The number of aryl methyl sites for hydroxylation is 1. The molecule has 0 fully saturated rings. The number of nitrogens with one attached hydrogen (secondary N) is 1. The van der Waals surface area contributed by atoms with E-state index in [0.717, 1.165) is 5.56 Å². The molecule has 0 amide bonds. The molecule has 90 valence electrons. The van der Waals surface area contributed by atoms with Crippen LogP contribution in [-0.4, -0.2) is 9.78 Å². The van der Waals surface area contributed by atoms with Crippen LogP contribution in [0.5, 0.6) is 0 Å². The summed E-state index contributed by atoms with van der Waals surface area (Å²) in [6, 6.07) is 4.35. The molecule has 1 heterocycles. The van der Waals surface area contributed by atoms with Gasteiger partial charge in [-0.05, 0) is 6.07 Å². The topological polar surface area (TPSA) is 55.9 Å². The average Bonchev–Trinajstić information content (AvgIpc) is 2.72. The minimum Gasteiger partial charge on any atom is -0.275 e. The van der Waals surface area contributed by atoms with E-state index in [2.05, 4.69) is 10.5 Å². The normalized spacial score (nSPS) is 12.7. The van der Waals surface area contributed by atoms with Crippen molar-refractivity contribution in [2.45, 2.75) is 6.04 Å². The molecule has 1 atom stereocenters. The van der Waals surface area contributed by atoms with Crippen LogP contribution in [0.4, 0.5) is 4.39 Å². The first-order valence-electron chi connectivity index (χ1n) is 5.02. The summed E-state index contributed by atoms with van der Waals surface area (Å²) >= 11 is 5.74. The molecule has 0 radical (unpaired) electrons. The second-order valence-corrected chi connectivity index (χ2v) is 4.10. The lowest BCUT2D eigenvalue weighted by atomic mass is 10.0. The van der Waals surface area contributed by atoms with Gasteiger partial charge in [0.1, 0.15) is 5.82 Å². The molecule has 1 aromatic carbocycles. The zero-order valence-corrected chi connectivity index (χ0v) is 9.95. The van der Waals surface area contributed by atoms with E-state index in [0.29, 0.717) is 5.56 Å². The second kappa shape index (κ2) is 4.83.